The number of hydrogen-bond donors (Lipinski definition) is 2. The maximum absolute atomic E-state index is 10.9. The van der Waals surface area contributed by atoms with E-state index in [2.05, 4.69) is 5.32 Å². The monoisotopic (exact) mass is 283 g/mol. The number of aromatic carboxylic acids is 1. The van der Waals surface area contributed by atoms with Gasteiger partial charge in [0.05, 0.1) is 16.6 Å². The van der Waals surface area contributed by atoms with Crippen LogP contribution in [0.15, 0.2) is 42.5 Å². The van der Waals surface area contributed by atoms with E-state index in [1.54, 1.807) is 24.3 Å². The van der Waals surface area contributed by atoms with Gasteiger partial charge < -0.3 is 10.4 Å². The van der Waals surface area contributed by atoms with E-state index in [4.69, 9.17) is 10.4 Å². The number of carbonyl (C=O) groups is 1. The number of nitriles is 1. The Hall–Kier alpha value is -3.40. The van der Waals surface area contributed by atoms with Crippen molar-refractivity contribution in [3.63, 3.8) is 0 Å². The fraction of sp³-hybridized carbons (Fsp3) is 0. The molecular formula is C14H9N3O4. The minimum atomic E-state index is -1.36. The number of nitro groups is 1. The molecule has 0 bridgehead atoms. The van der Waals surface area contributed by atoms with Crippen LogP contribution in [0.5, 0.6) is 0 Å². The minimum Gasteiger partial charge on any atom is -0.477 e. The van der Waals surface area contributed by atoms with Crippen LogP contribution in [0.3, 0.4) is 0 Å². The summed E-state index contributed by atoms with van der Waals surface area (Å²) in [5, 5.41) is 31.5. The number of rotatable bonds is 4. The number of nitrogens with one attached hydrogen (secondary N) is 1. The largest absolute Gasteiger partial charge is 0.477 e. The Morgan fingerprint density at radius 2 is 1.95 bits per heavy atom. The van der Waals surface area contributed by atoms with Gasteiger partial charge in [-0.1, -0.05) is 6.07 Å². The van der Waals surface area contributed by atoms with Crippen LogP contribution in [-0.4, -0.2) is 16.0 Å². The number of anilines is 2. The van der Waals surface area contributed by atoms with Gasteiger partial charge in [0.15, 0.2) is 0 Å². The van der Waals surface area contributed by atoms with Gasteiger partial charge in [0.1, 0.15) is 5.56 Å². The standard InChI is InChI=1S/C14H9N3O4/c15-8-9-2-1-3-10(6-9)16-11-4-5-12(14(18)19)13(7-11)17(20)21/h1-7,16H,(H,18,19). The molecule has 2 rings (SSSR count). The molecule has 0 saturated heterocycles. The third-order valence-corrected chi connectivity index (χ3v) is 2.71. The highest BCUT2D eigenvalue weighted by Gasteiger charge is 2.20. The van der Waals surface area contributed by atoms with Crippen molar-refractivity contribution in [2.75, 3.05) is 5.32 Å². The highest BCUT2D eigenvalue weighted by atomic mass is 16.6. The Morgan fingerprint density at radius 1 is 1.24 bits per heavy atom. The number of benzene rings is 2. The molecule has 0 fully saturated rings. The van der Waals surface area contributed by atoms with Crippen LogP contribution in [0, 0.1) is 21.4 Å². The van der Waals surface area contributed by atoms with Gasteiger partial charge in [-0.05, 0) is 30.3 Å². The number of carboxylic acids is 1. The van der Waals surface area contributed by atoms with E-state index in [0.29, 0.717) is 16.9 Å². The Morgan fingerprint density at radius 3 is 2.57 bits per heavy atom. The Kier molecular flexibility index (Phi) is 3.81. The maximum Gasteiger partial charge on any atom is 0.342 e. The summed E-state index contributed by atoms with van der Waals surface area (Å²) in [4.78, 5) is 21.1. The second-order valence-electron chi connectivity index (χ2n) is 4.11. The third kappa shape index (κ3) is 3.13. The topological polar surface area (TPSA) is 116 Å². The van der Waals surface area contributed by atoms with Crippen LogP contribution in [0.4, 0.5) is 17.1 Å². The lowest BCUT2D eigenvalue weighted by atomic mass is 10.1. The average Bonchev–Trinajstić information content (AvgIpc) is 2.47. The molecule has 0 atom stereocenters. The summed E-state index contributed by atoms with van der Waals surface area (Å²) < 4.78 is 0. The second kappa shape index (κ2) is 5.71. The van der Waals surface area contributed by atoms with E-state index in [1.165, 1.54) is 6.07 Å². The van der Waals surface area contributed by atoms with Crippen LogP contribution < -0.4 is 5.32 Å². The molecule has 2 N–H and O–H groups in total. The highest BCUT2D eigenvalue weighted by Crippen LogP contribution is 2.25. The fourth-order valence-electron chi connectivity index (χ4n) is 1.77. The summed E-state index contributed by atoms with van der Waals surface area (Å²) in [6.45, 7) is 0. The number of hydrogen-bond acceptors (Lipinski definition) is 5. The van der Waals surface area contributed by atoms with Crippen molar-refractivity contribution in [2.24, 2.45) is 0 Å². The zero-order valence-electron chi connectivity index (χ0n) is 10.6. The first-order valence-corrected chi connectivity index (χ1v) is 5.80. The van der Waals surface area contributed by atoms with Gasteiger partial charge >= 0.3 is 5.97 Å². The van der Waals surface area contributed by atoms with E-state index < -0.39 is 16.6 Å². The van der Waals surface area contributed by atoms with Gasteiger partial charge in [0, 0.05) is 17.4 Å². The zero-order chi connectivity index (χ0) is 15.4. The molecule has 0 aromatic heterocycles. The van der Waals surface area contributed by atoms with E-state index in [-0.39, 0.29) is 5.56 Å². The number of nitrogens with zero attached hydrogens (tertiary/aromatic N) is 2. The van der Waals surface area contributed by atoms with E-state index in [1.807, 2.05) is 6.07 Å². The van der Waals surface area contributed by atoms with Crippen molar-refractivity contribution in [1.82, 2.24) is 0 Å². The third-order valence-electron chi connectivity index (χ3n) is 2.71. The smallest absolute Gasteiger partial charge is 0.342 e. The minimum absolute atomic E-state index is 0.363. The Labute approximate surface area is 119 Å². The van der Waals surface area contributed by atoms with Gasteiger partial charge in [-0.2, -0.15) is 5.26 Å². The summed E-state index contributed by atoms with van der Waals surface area (Å²) in [5.74, 6) is -1.36. The molecule has 0 radical (unpaired) electrons. The molecule has 2 aromatic rings. The lowest BCUT2D eigenvalue weighted by Crippen LogP contribution is -2.03. The van der Waals surface area contributed by atoms with E-state index in [9.17, 15) is 14.9 Å². The second-order valence-corrected chi connectivity index (χ2v) is 4.11. The highest BCUT2D eigenvalue weighted by molar-refractivity contribution is 5.93. The quantitative estimate of drug-likeness (QED) is 0.658. The molecule has 0 saturated carbocycles. The molecule has 7 heteroatoms. The van der Waals surface area contributed by atoms with Gasteiger partial charge in [-0.15, -0.1) is 0 Å². The summed E-state index contributed by atoms with van der Waals surface area (Å²) >= 11 is 0. The molecule has 0 amide bonds. The molecule has 0 spiro atoms. The van der Waals surface area contributed by atoms with E-state index in [0.717, 1.165) is 12.1 Å². The molecular weight excluding hydrogens is 274 g/mol. The van der Waals surface area contributed by atoms with Crippen LogP contribution in [0.1, 0.15) is 15.9 Å². The first-order chi connectivity index (χ1) is 10.0. The lowest BCUT2D eigenvalue weighted by Gasteiger charge is -2.07. The molecule has 104 valence electrons. The average molecular weight is 283 g/mol. The number of nitro benzene ring substituents is 1. The van der Waals surface area contributed by atoms with Gasteiger partial charge in [-0.3, -0.25) is 10.1 Å². The molecule has 21 heavy (non-hydrogen) atoms. The normalized spacial score (nSPS) is 9.67. The Bertz CT molecular complexity index is 765. The van der Waals surface area contributed by atoms with Gasteiger partial charge in [0.2, 0.25) is 0 Å². The molecule has 7 nitrogen and oxygen atoms in total. The predicted octanol–water partition coefficient (Wildman–Crippen LogP) is 2.91. The van der Waals surface area contributed by atoms with Gasteiger partial charge in [-0.25, -0.2) is 4.79 Å². The summed E-state index contributed by atoms with van der Waals surface area (Å²) in [6.07, 6.45) is 0. The van der Waals surface area contributed by atoms with Crippen molar-refractivity contribution in [3.05, 3.63) is 63.7 Å². The van der Waals surface area contributed by atoms with Crippen LogP contribution in [-0.2, 0) is 0 Å². The Balaban J connectivity index is 2.37. The summed E-state index contributed by atoms with van der Waals surface area (Å²) in [6, 6.07) is 12.3. The molecule has 2 aromatic carbocycles. The van der Waals surface area contributed by atoms with Gasteiger partial charge in [0.25, 0.3) is 5.69 Å². The van der Waals surface area contributed by atoms with Crippen molar-refractivity contribution < 1.29 is 14.8 Å². The fourth-order valence-corrected chi connectivity index (χ4v) is 1.77. The van der Waals surface area contributed by atoms with Crippen molar-refractivity contribution >= 4 is 23.0 Å². The van der Waals surface area contributed by atoms with Crippen LogP contribution in [0.25, 0.3) is 0 Å². The maximum atomic E-state index is 10.9. The lowest BCUT2D eigenvalue weighted by molar-refractivity contribution is -0.385. The first-order valence-electron chi connectivity index (χ1n) is 5.80. The first kappa shape index (κ1) is 14.0. The predicted molar refractivity (Wildman–Crippen MR) is 74.5 cm³/mol. The van der Waals surface area contributed by atoms with Crippen molar-refractivity contribution in [1.29, 1.82) is 5.26 Å². The van der Waals surface area contributed by atoms with Crippen LogP contribution >= 0.6 is 0 Å². The van der Waals surface area contributed by atoms with Crippen LogP contribution in [0.2, 0.25) is 0 Å². The summed E-state index contributed by atoms with van der Waals surface area (Å²) in [7, 11) is 0. The SMILES string of the molecule is N#Cc1cccc(Nc2ccc(C(=O)O)c([N+](=O)[O-])c2)c1. The van der Waals surface area contributed by atoms with E-state index >= 15 is 0 Å². The van der Waals surface area contributed by atoms with Crippen molar-refractivity contribution in [3.8, 4) is 6.07 Å². The molecule has 0 aliphatic heterocycles. The molecule has 0 unspecified atom stereocenters. The van der Waals surface area contributed by atoms with Crippen molar-refractivity contribution in [2.45, 2.75) is 0 Å². The molecule has 0 aliphatic rings. The number of carboxylic acid groups (broad SMARTS) is 1. The molecule has 0 aliphatic carbocycles. The summed E-state index contributed by atoms with van der Waals surface area (Å²) in [5.41, 5.74) is 0.505. The molecule has 0 heterocycles. The zero-order valence-corrected chi connectivity index (χ0v) is 10.6.